The number of rotatable bonds is 7. The van der Waals surface area contributed by atoms with Crippen LogP contribution in [0.15, 0.2) is 18.3 Å². The lowest BCUT2D eigenvalue weighted by atomic mass is 9.92. The van der Waals surface area contributed by atoms with E-state index < -0.39 is 11.9 Å². The van der Waals surface area contributed by atoms with Gasteiger partial charge in [0.15, 0.2) is 5.69 Å². The lowest BCUT2D eigenvalue weighted by molar-refractivity contribution is -0.0813. The molecule has 2 aliphatic rings. The number of alkyl halides is 2. The van der Waals surface area contributed by atoms with Gasteiger partial charge in [-0.05, 0) is 25.8 Å². The summed E-state index contributed by atoms with van der Waals surface area (Å²) in [5.41, 5.74) is 0.128. The number of hydrogen-bond acceptors (Lipinski definition) is 8. The smallest absolute Gasteiger partial charge is 0.358 e. The predicted molar refractivity (Wildman–Crippen MR) is 101 cm³/mol. The fourth-order valence-electron chi connectivity index (χ4n) is 3.25. The van der Waals surface area contributed by atoms with Gasteiger partial charge in [-0.3, -0.25) is 0 Å². The highest BCUT2D eigenvalue weighted by molar-refractivity contribution is 5.87. The molecule has 0 atom stereocenters. The van der Waals surface area contributed by atoms with Crippen LogP contribution in [-0.2, 0) is 9.47 Å². The van der Waals surface area contributed by atoms with Crippen molar-refractivity contribution < 1.29 is 27.8 Å². The maximum Gasteiger partial charge on any atom is 0.358 e. The molecule has 2 aromatic heterocycles. The van der Waals surface area contributed by atoms with E-state index in [0.29, 0.717) is 37.8 Å². The van der Waals surface area contributed by atoms with Gasteiger partial charge in [-0.15, -0.1) is 0 Å². The molecule has 9 nitrogen and oxygen atoms in total. The van der Waals surface area contributed by atoms with Crippen LogP contribution in [0.4, 0.5) is 14.6 Å². The average molecular weight is 423 g/mol. The van der Waals surface area contributed by atoms with Crippen LogP contribution in [-0.4, -0.2) is 63.6 Å². The van der Waals surface area contributed by atoms with Crippen LogP contribution in [0.5, 0.6) is 5.88 Å². The monoisotopic (exact) mass is 423 g/mol. The van der Waals surface area contributed by atoms with Crippen molar-refractivity contribution in [3.63, 3.8) is 0 Å². The second-order valence-electron chi connectivity index (χ2n) is 7.31. The molecule has 0 bridgehead atoms. The molecular formula is C19H23F2N5O4. The van der Waals surface area contributed by atoms with Crippen LogP contribution < -0.4 is 10.1 Å². The molecule has 0 spiro atoms. The third-order valence-corrected chi connectivity index (χ3v) is 4.93. The van der Waals surface area contributed by atoms with Crippen LogP contribution in [0, 0.1) is 0 Å². The highest BCUT2D eigenvalue weighted by Crippen LogP contribution is 2.34. The van der Waals surface area contributed by atoms with Crippen molar-refractivity contribution in [2.24, 2.45) is 0 Å². The summed E-state index contributed by atoms with van der Waals surface area (Å²) in [5, 5.41) is 7.37. The van der Waals surface area contributed by atoms with Gasteiger partial charge in [-0.1, -0.05) is 0 Å². The molecule has 1 N–H and O–H groups in total. The normalized spacial score (nSPS) is 19.2. The quantitative estimate of drug-likeness (QED) is 0.679. The van der Waals surface area contributed by atoms with Crippen LogP contribution >= 0.6 is 0 Å². The van der Waals surface area contributed by atoms with E-state index in [0.717, 1.165) is 0 Å². The molecule has 0 unspecified atom stereocenters. The van der Waals surface area contributed by atoms with Crippen LogP contribution in [0.1, 0.15) is 43.1 Å². The Morgan fingerprint density at radius 1 is 1.33 bits per heavy atom. The number of carbonyl (C=O) groups is 1. The number of halogens is 2. The summed E-state index contributed by atoms with van der Waals surface area (Å²) in [6, 6.07) is 3.01. The van der Waals surface area contributed by atoms with Crippen molar-refractivity contribution in [3.05, 3.63) is 24.0 Å². The fourth-order valence-corrected chi connectivity index (χ4v) is 3.25. The van der Waals surface area contributed by atoms with Gasteiger partial charge in [0.05, 0.1) is 19.8 Å². The van der Waals surface area contributed by atoms with E-state index in [4.69, 9.17) is 14.2 Å². The Bertz CT molecular complexity index is 893. The van der Waals surface area contributed by atoms with E-state index in [9.17, 15) is 13.6 Å². The largest absolute Gasteiger partial charge is 0.469 e. The molecule has 11 heteroatoms. The van der Waals surface area contributed by atoms with E-state index in [1.807, 2.05) is 0 Å². The minimum Gasteiger partial charge on any atom is -0.469 e. The molecule has 0 radical (unpaired) electrons. The average Bonchev–Trinajstić information content (AvgIpc) is 3.17. The van der Waals surface area contributed by atoms with Gasteiger partial charge in [-0.25, -0.2) is 18.3 Å². The van der Waals surface area contributed by atoms with Crippen molar-refractivity contribution in [2.75, 3.05) is 25.1 Å². The second kappa shape index (κ2) is 8.50. The van der Waals surface area contributed by atoms with Gasteiger partial charge in [-0.2, -0.15) is 15.1 Å². The Morgan fingerprint density at radius 3 is 2.77 bits per heavy atom. The van der Waals surface area contributed by atoms with Gasteiger partial charge >= 0.3 is 5.97 Å². The molecule has 162 valence electrons. The van der Waals surface area contributed by atoms with Gasteiger partial charge in [0.2, 0.25) is 11.8 Å². The third kappa shape index (κ3) is 4.84. The van der Waals surface area contributed by atoms with E-state index in [1.165, 1.54) is 10.7 Å². The lowest BCUT2D eigenvalue weighted by Crippen LogP contribution is -2.39. The molecule has 1 aliphatic heterocycles. The topological polar surface area (TPSA) is 100 Å². The first-order valence-corrected chi connectivity index (χ1v) is 9.93. The number of anilines is 1. The molecule has 2 fully saturated rings. The van der Waals surface area contributed by atoms with Gasteiger partial charge < -0.3 is 19.5 Å². The van der Waals surface area contributed by atoms with Crippen LogP contribution in [0.25, 0.3) is 5.95 Å². The van der Waals surface area contributed by atoms with Crippen molar-refractivity contribution in [1.82, 2.24) is 19.7 Å². The van der Waals surface area contributed by atoms with Crippen LogP contribution in [0.2, 0.25) is 0 Å². The fraction of sp³-hybridized carbons (Fsp3) is 0.579. The Morgan fingerprint density at radius 2 is 2.10 bits per heavy atom. The van der Waals surface area contributed by atoms with Crippen molar-refractivity contribution in [3.8, 4) is 11.8 Å². The van der Waals surface area contributed by atoms with Gasteiger partial charge in [0, 0.05) is 31.1 Å². The Hall–Kier alpha value is -2.82. The SMILES string of the molecule is CCOC(=O)c1ccn(-c2nc(NC3CCC(F)(F)CC3)cc(OC3COC3)n2)n1. The molecule has 0 amide bonds. The number of hydrogen-bond donors (Lipinski definition) is 1. The minimum absolute atomic E-state index is 0.110. The zero-order valence-electron chi connectivity index (χ0n) is 16.5. The maximum atomic E-state index is 13.4. The highest BCUT2D eigenvalue weighted by atomic mass is 19.3. The maximum absolute atomic E-state index is 13.4. The zero-order chi connectivity index (χ0) is 21.1. The summed E-state index contributed by atoms with van der Waals surface area (Å²) >= 11 is 0. The lowest BCUT2D eigenvalue weighted by Gasteiger charge is -2.29. The molecule has 4 rings (SSSR count). The van der Waals surface area contributed by atoms with Crippen molar-refractivity contribution in [1.29, 1.82) is 0 Å². The predicted octanol–water partition coefficient (Wildman–Crippen LogP) is 2.61. The molecule has 30 heavy (non-hydrogen) atoms. The first-order chi connectivity index (χ1) is 14.4. The summed E-state index contributed by atoms with van der Waals surface area (Å²) in [5.74, 6) is -2.21. The Labute approximate surface area is 171 Å². The molecule has 1 saturated carbocycles. The summed E-state index contributed by atoms with van der Waals surface area (Å²) in [4.78, 5) is 20.7. The van der Waals surface area contributed by atoms with E-state index in [2.05, 4.69) is 20.4 Å². The summed E-state index contributed by atoms with van der Waals surface area (Å²) in [6.45, 7) is 2.88. The zero-order valence-corrected chi connectivity index (χ0v) is 16.5. The summed E-state index contributed by atoms with van der Waals surface area (Å²) < 4.78 is 44.1. The molecule has 0 aromatic carbocycles. The molecule has 3 heterocycles. The third-order valence-electron chi connectivity index (χ3n) is 4.93. The summed E-state index contributed by atoms with van der Waals surface area (Å²) in [6.07, 6.45) is 1.80. The highest BCUT2D eigenvalue weighted by Gasteiger charge is 2.35. The van der Waals surface area contributed by atoms with E-state index >= 15 is 0 Å². The molecule has 1 aliphatic carbocycles. The first-order valence-electron chi connectivity index (χ1n) is 9.93. The molecule has 1 saturated heterocycles. The second-order valence-corrected chi connectivity index (χ2v) is 7.31. The number of ether oxygens (including phenoxy) is 3. The van der Waals surface area contributed by atoms with Crippen LogP contribution in [0.3, 0.4) is 0 Å². The number of carbonyl (C=O) groups excluding carboxylic acids is 1. The van der Waals surface area contributed by atoms with Gasteiger partial charge in [0.1, 0.15) is 11.9 Å². The van der Waals surface area contributed by atoms with Crippen molar-refractivity contribution in [2.45, 2.75) is 50.7 Å². The molecule has 2 aromatic rings. The molecular weight excluding hydrogens is 400 g/mol. The van der Waals surface area contributed by atoms with Crippen molar-refractivity contribution >= 4 is 11.8 Å². The first kappa shape index (κ1) is 20.5. The Kier molecular flexibility index (Phi) is 5.80. The number of aromatic nitrogens is 4. The Balaban J connectivity index is 1.55. The van der Waals surface area contributed by atoms with E-state index in [-0.39, 0.29) is 43.2 Å². The summed E-state index contributed by atoms with van der Waals surface area (Å²) in [7, 11) is 0. The standard InChI is InChI=1S/C19H23F2N5O4/c1-2-29-17(27)14-5-8-26(25-14)18-23-15(9-16(24-18)30-13-10-28-11-13)22-12-3-6-19(20,21)7-4-12/h5,8-9,12-13H,2-4,6-7,10-11H2,1H3,(H,22,23,24). The van der Waals surface area contributed by atoms with Gasteiger partial charge in [0.25, 0.3) is 5.95 Å². The minimum atomic E-state index is -2.61. The number of nitrogens with zero attached hydrogens (tertiary/aromatic N) is 4. The number of esters is 1. The van der Waals surface area contributed by atoms with E-state index in [1.54, 1.807) is 19.2 Å². The number of nitrogens with one attached hydrogen (secondary N) is 1.